The second kappa shape index (κ2) is 5.53. The van der Waals surface area contributed by atoms with Gasteiger partial charge in [0.2, 0.25) is 0 Å². The standard InChI is InChI=1S/C15H23NO2/c1-10(2)16-15(5,14(17)18-6)13-9-11(3)7-8-12(13)4/h7-10,16H,1-6H3. The van der Waals surface area contributed by atoms with Crippen molar-refractivity contribution in [2.24, 2.45) is 0 Å². The van der Waals surface area contributed by atoms with Crippen LogP contribution in [0.3, 0.4) is 0 Å². The molecule has 3 nitrogen and oxygen atoms in total. The zero-order valence-corrected chi connectivity index (χ0v) is 12.1. The summed E-state index contributed by atoms with van der Waals surface area (Å²) >= 11 is 0. The SMILES string of the molecule is COC(=O)C(C)(NC(C)C)c1cc(C)ccc1C. The zero-order chi connectivity index (χ0) is 13.9. The van der Waals surface area contributed by atoms with Crippen LogP contribution in [-0.2, 0) is 15.1 Å². The number of rotatable bonds is 4. The van der Waals surface area contributed by atoms with Gasteiger partial charge in [0.05, 0.1) is 7.11 Å². The van der Waals surface area contributed by atoms with Gasteiger partial charge >= 0.3 is 5.97 Å². The molecule has 0 bridgehead atoms. The van der Waals surface area contributed by atoms with Gasteiger partial charge in [-0.2, -0.15) is 0 Å². The predicted molar refractivity (Wildman–Crippen MR) is 73.6 cm³/mol. The molecule has 0 aliphatic carbocycles. The lowest BCUT2D eigenvalue weighted by Gasteiger charge is -2.32. The van der Waals surface area contributed by atoms with E-state index in [2.05, 4.69) is 5.32 Å². The van der Waals surface area contributed by atoms with E-state index in [0.717, 1.165) is 16.7 Å². The van der Waals surface area contributed by atoms with E-state index in [1.165, 1.54) is 7.11 Å². The molecule has 0 spiro atoms. The van der Waals surface area contributed by atoms with E-state index in [-0.39, 0.29) is 12.0 Å². The van der Waals surface area contributed by atoms with Crippen molar-refractivity contribution in [3.05, 3.63) is 34.9 Å². The summed E-state index contributed by atoms with van der Waals surface area (Å²) in [5.74, 6) is -0.259. The molecule has 0 radical (unpaired) electrons. The molecule has 1 unspecified atom stereocenters. The molecule has 0 aliphatic rings. The van der Waals surface area contributed by atoms with E-state index in [1.807, 2.05) is 52.8 Å². The summed E-state index contributed by atoms with van der Waals surface area (Å²) in [6.07, 6.45) is 0. The molecule has 1 aromatic rings. The van der Waals surface area contributed by atoms with Crippen LogP contribution in [0.5, 0.6) is 0 Å². The van der Waals surface area contributed by atoms with E-state index in [0.29, 0.717) is 0 Å². The van der Waals surface area contributed by atoms with Crippen molar-refractivity contribution in [2.45, 2.75) is 46.2 Å². The smallest absolute Gasteiger partial charge is 0.330 e. The number of carbonyl (C=O) groups is 1. The second-order valence-corrected chi connectivity index (χ2v) is 5.23. The highest BCUT2D eigenvalue weighted by Crippen LogP contribution is 2.27. The average Bonchev–Trinajstić information content (AvgIpc) is 2.30. The molecule has 1 rings (SSSR count). The highest BCUT2D eigenvalue weighted by atomic mass is 16.5. The summed E-state index contributed by atoms with van der Waals surface area (Å²) < 4.78 is 4.96. The number of benzene rings is 1. The minimum Gasteiger partial charge on any atom is -0.467 e. The number of esters is 1. The maximum Gasteiger partial charge on any atom is 0.330 e. The van der Waals surface area contributed by atoms with Crippen molar-refractivity contribution >= 4 is 5.97 Å². The largest absolute Gasteiger partial charge is 0.467 e. The number of hydrogen-bond donors (Lipinski definition) is 1. The highest BCUT2D eigenvalue weighted by molar-refractivity contribution is 5.82. The van der Waals surface area contributed by atoms with E-state index < -0.39 is 5.54 Å². The molecule has 0 heterocycles. The summed E-state index contributed by atoms with van der Waals surface area (Å²) in [5, 5.41) is 3.32. The van der Waals surface area contributed by atoms with E-state index in [9.17, 15) is 4.79 Å². The van der Waals surface area contributed by atoms with Gasteiger partial charge in [-0.15, -0.1) is 0 Å². The van der Waals surface area contributed by atoms with Crippen LogP contribution < -0.4 is 5.32 Å². The molecule has 1 N–H and O–H groups in total. The summed E-state index contributed by atoms with van der Waals surface area (Å²) in [6, 6.07) is 6.32. The van der Waals surface area contributed by atoms with Crippen molar-refractivity contribution < 1.29 is 9.53 Å². The molecule has 18 heavy (non-hydrogen) atoms. The maximum atomic E-state index is 12.1. The lowest BCUT2D eigenvalue weighted by atomic mass is 9.86. The van der Waals surface area contributed by atoms with Crippen LogP contribution in [0.15, 0.2) is 18.2 Å². The quantitative estimate of drug-likeness (QED) is 0.834. The van der Waals surface area contributed by atoms with Crippen molar-refractivity contribution in [1.29, 1.82) is 0 Å². The van der Waals surface area contributed by atoms with Crippen LogP contribution in [0.2, 0.25) is 0 Å². The Labute approximate surface area is 110 Å². The molecule has 100 valence electrons. The van der Waals surface area contributed by atoms with Crippen LogP contribution in [0.1, 0.15) is 37.5 Å². The minimum atomic E-state index is -0.807. The van der Waals surface area contributed by atoms with Gasteiger partial charge in [0, 0.05) is 6.04 Å². The van der Waals surface area contributed by atoms with E-state index >= 15 is 0 Å². The van der Waals surface area contributed by atoms with Crippen LogP contribution >= 0.6 is 0 Å². The molecular formula is C15H23NO2. The number of methoxy groups -OCH3 is 1. The van der Waals surface area contributed by atoms with Crippen molar-refractivity contribution in [3.8, 4) is 0 Å². The fourth-order valence-corrected chi connectivity index (χ4v) is 2.30. The first-order chi connectivity index (χ1) is 8.31. The molecule has 0 amide bonds. The fourth-order valence-electron chi connectivity index (χ4n) is 2.30. The first-order valence-corrected chi connectivity index (χ1v) is 6.25. The van der Waals surface area contributed by atoms with Gasteiger partial charge < -0.3 is 4.74 Å². The third-order valence-corrected chi connectivity index (χ3v) is 3.10. The summed E-state index contributed by atoms with van der Waals surface area (Å²) in [6.45, 7) is 9.95. The average molecular weight is 249 g/mol. The third kappa shape index (κ3) is 2.91. The molecule has 0 aliphatic heterocycles. The number of hydrogen-bond acceptors (Lipinski definition) is 3. The normalized spacial score (nSPS) is 14.4. The van der Waals surface area contributed by atoms with Gasteiger partial charge in [0.15, 0.2) is 0 Å². The number of aryl methyl sites for hydroxylation is 2. The van der Waals surface area contributed by atoms with Gasteiger partial charge in [-0.1, -0.05) is 23.8 Å². The lowest BCUT2D eigenvalue weighted by Crippen LogP contribution is -2.50. The zero-order valence-electron chi connectivity index (χ0n) is 12.1. The van der Waals surface area contributed by atoms with Gasteiger partial charge in [0.25, 0.3) is 0 Å². The Morgan fingerprint density at radius 1 is 1.33 bits per heavy atom. The van der Waals surface area contributed by atoms with E-state index in [1.54, 1.807) is 0 Å². The van der Waals surface area contributed by atoms with Crippen LogP contribution in [0.25, 0.3) is 0 Å². The first kappa shape index (κ1) is 14.7. The maximum absolute atomic E-state index is 12.1. The molecule has 1 aromatic carbocycles. The summed E-state index contributed by atoms with van der Waals surface area (Å²) in [4.78, 5) is 12.1. The van der Waals surface area contributed by atoms with Gasteiger partial charge in [-0.3, -0.25) is 5.32 Å². The highest BCUT2D eigenvalue weighted by Gasteiger charge is 2.37. The summed E-state index contributed by atoms with van der Waals surface area (Å²) in [5.41, 5.74) is 2.39. The Morgan fingerprint density at radius 3 is 2.44 bits per heavy atom. The topological polar surface area (TPSA) is 38.3 Å². The molecule has 3 heteroatoms. The number of nitrogens with one attached hydrogen (secondary N) is 1. The second-order valence-electron chi connectivity index (χ2n) is 5.23. The molecule has 0 saturated heterocycles. The minimum absolute atomic E-state index is 0.189. The van der Waals surface area contributed by atoms with Crippen LogP contribution in [-0.4, -0.2) is 19.1 Å². The summed E-state index contributed by atoms with van der Waals surface area (Å²) in [7, 11) is 1.42. The fraction of sp³-hybridized carbons (Fsp3) is 0.533. The third-order valence-electron chi connectivity index (χ3n) is 3.10. The van der Waals surface area contributed by atoms with Crippen molar-refractivity contribution in [2.75, 3.05) is 7.11 Å². The van der Waals surface area contributed by atoms with Gasteiger partial charge in [-0.05, 0) is 45.7 Å². The molecule has 0 aromatic heterocycles. The van der Waals surface area contributed by atoms with E-state index in [4.69, 9.17) is 4.74 Å². The first-order valence-electron chi connectivity index (χ1n) is 6.25. The predicted octanol–water partition coefficient (Wildman–Crippen LogP) is 2.69. The Kier molecular flexibility index (Phi) is 4.52. The van der Waals surface area contributed by atoms with Gasteiger partial charge in [-0.25, -0.2) is 4.79 Å². The number of carbonyl (C=O) groups excluding carboxylic acids is 1. The van der Waals surface area contributed by atoms with Crippen LogP contribution in [0.4, 0.5) is 0 Å². The Balaban J connectivity index is 3.33. The monoisotopic (exact) mass is 249 g/mol. The molecule has 1 atom stereocenters. The van der Waals surface area contributed by atoms with Crippen LogP contribution in [0, 0.1) is 13.8 Å². The molecular weight excluding hydrogens is 226 g/mol. The lowest BCUT2D eigenvalue weighted by molar-refractivity contribution is -0.148. The number of ether oxygens (including phenoxy) is 1. The molecule has 0 saturated carbocycles. The van der Waals surface area contributed by atoms with Gasteiger partial charge in [0.1, 0.15) is 5.54 Å². The Morgan fingerprint density at radius 2 is 1.94 bits per heavy atom. The Bertz CT molecular complexity index is 440. The Hall–Kier alpha value is -1.35. The van der Waals surface area contributed by atoms with Crippen molar-refractivity contribution in [3.63, 3.8) is 0 Å². The van der Waals surface area contributed by atoms with Crippen molar-refractivity contribution in [1.82, 2.24) is 5.32 Å². The molecule has 0 fully saturated rings.